The Labute approximate surface area is 178 Å². The van der Waals surface area contributed by atoms with Crippen LogP contribution in [0.4, 0.5) is 13.2 Å². The van der Waals surface area contributed by atoms with Crippen LogP contribution in [0, 0.1) is 0 Å². The second-order valence-corrected chi connectivity index (χ2v) is 6.43. The van der Waals surface area contributed by atoms with E-state index in [1.165, 1.54) is 16.9 Å². The number of pyridine rings is 1. The monoisotopic (exact) mass is 454 g/mol. The predicted molar refractivity (Wildman–Crippen MR) is 106 cm³/mol. The zero-order chi connectivity index (χ0) is 19.4. The van der Waals surface area contributed by atoms with E-state index < -0.39 is 11.7 Å². The summed E-state index contributed by atoms with van der Waals surface area (Å²) >= 11 is 0. The average molecular weight is 455 g/mol. The zero-order valence-electron chi connectivity index (χ0n) is 15.7. The van der Waals surface area contributed by atoms with Crippen LogP contribution in [-0.2, 0) is 6.18 Å². The highest BCUT2D eigenvalue weighted by molar-refractivity contribution is 5.92. The number of halogens is 5. The van der Waals surface area contributed by atoms with Crippen LogP contribution in [0.5, 0.6) is 0 Å². The standard InChI is InChI=1S/C17H21F3N6O.2ClH/c1-2-9-25(13-5-7-21-8-6-13)16(27)14-11-26(24-23-14)15-4-3-12(10-22-15)17(18,19)20;;/h3-4,10-11,13,21H,2,5-9H2,1H3;2*1H. The van der Waals surface area contributed by atoms with E-state index >= 15 is 0 Å². The first-order chi connectivity index (χ1) is 12.9. The molecule has 1 amide bonds. The number of carbonyl (C=O) groups is 1. The fourth-order valence-electron chi connectivity index (χ4n) is 3.12. The summed E-state index contributed by atoms with van der Waals surface area (Å²) in [4.78, 5) is 18.5. The van der Waals surface area contributed by atoms with Gasteiger partial charge in [-0.1, -0.05) is 12.1 Å². The van der Waals surface area contributed by atoms with Crippen molar-refractivity contribution in [3.8, 4) is 5.82 Å². The molecule has 1 N–H and O–H groups in total. The Balaban J connectivity index is 0.00000210. The lowest BCUT2D eigenvalue weighted by atomic mass is 10.0. The van der Waals surface area contributed by atoms with E-state index in [1.807, 2.05) is 11.8 Å². The molecule has 0 atom stereocenters. The molecule has 1 fully saturated rings. The first-order valence-corrected chi connectivity index (χ1v) is 8.88. The van der Waals surface area contributed by atoms with Gasteiger partial charge in [-0.25, -0.2) is 9.67 Å². The summed E-state index contributed by atoms with van der Waals surface area (Å²) in [7, 11) is 0. The fraction of sp³-hybridized carbons (Fsp3) is 0.529. The Bertz CT molecular complexity index is 778. The molecule has 29 heavy (non-hydrogen) atoms. The molecule has 162 valence electrons. The first kappa shape index (κ1) is 25.1. The predicted octanol–water partition coefficient (Wildman–Crippen LogP) is 3.13. The van der Waals surface area contributed by atoms with E-state index in [-0.39, 0.29) is 48.3 Å². The van der Waals surface area contributed by atoms with Gasteiger partial charge in [0, 0.05) is 18.8 Å². The molecule has 3 heterocycles. The molecule has 0 aliphatic carbocycles. The van der Waals surface area contributed by atoms with Crippen molar-refractivity contribution in [2.45, 2.75) is 38.4 Å². The maximum absolute atomic E-state index is 12.9. The summed E-state index contributed by atoms with van der Waals surface area (Å²) in [6.07, 6.45) is 0.258. The minimum Gasteiger partial charge on any atom is -0.334 e. The van der Waals surface area contributed by atoms with Gasteiger partial charge in [-0.15, -0.1) is 29.9 Å². The number of hydrogen-bond acceptors (Lipinski definition) is 5. The van der Waals surface area contributed by atoms with E-state index in [0.717, 1.165) is 44.6 Å². The van der Waals surface area contributed by atoms with E-state index in [4.69, 9.17) is 0 Å². The topological polar surface area (TPSA) is 75.9 Å². The maximum atomic E-state index is 12.9. The van der Waals surface area contributed by atoms with Crippen molar-refractivity contribution in [2.75, 3.05) is 19.6 Å². The van der Waals surface area contributed by atoms with Crippen molar-refractivity contribution >= 4 is 30.7 Å². The number of nitrogens with one attached hydrogen (secondary N) is 1. The molecule has 0 aromatic carbocycles. The van der Waals surface area contributed by atoms with Gasteiger partial charge >= 0.3 is 6.18 Å². The van der Waals surface area contributed by atoms with Crippen molar-refractivity contribution < 1.29 is 18.0 Å². The summed E-state index contributed by atoms with van der Waals surface area (Å²) in [6.45, 7) is 4.35. The van der Waals surface area contributed by atoms with Crippen LogP contribution in [0.2, 0.25) is 0 Å². The highest BCUT2D eigenvalue weighted by Gasteiger charge is 2.31. The van der Waals surface area contributed by atoms with E-state index in [9.17, 15) is 18.0 Å². The molecule has 12 heteroatoms. The molecule has 2 aromatic rings. The normalized spacial score (nSPS) is 14.6. The summed E-state index contributed by atoms with van der Waals surface area (Å²) in [5.74, 6) is -0.0552. The summed E-state index contributed by atoms with van der Waals surface area (Å²) in [5.41, 5.74) is -0.689. The molecule has 0 spiro atoms. The van der Waals surface area contributed by atoms with Gasteiger partial charge in [0.05, 0.1) is 11.8 Å². The van der Waals surface area contributed by atoms with E-state index in [0.29, 0.717) is 6.54 Å². The van der Waals surface area contributed by atoms with Gasteiger partial charge in [0.25, 0.3) is 5.91 Å². The van der Waals surface area contributed by atoms with Gasteiger partial charge in [0.1, 0.15) is 0 Å². The van der Waals surface area contributed by atoms with Crippen LogP contribution < -0.4 is 5.32 Å². The zero-order valence-corrected chi connectivity index (χ0v) is 17.4. The van der Waals surface area contributed by atoms with Crippen LogP contribution in [0.25, 0.3) is 5.82 Å². The minimum atomic E-state index is -4.45. The van der Waals surface area contributed by atoms with E-state index in [2.05, 4.69) is 20.6 Å². The quantitative estimate of drug-likeness (QED) is 0.750. The number of amides is 1. The van der Waals surface area contributed by atoms with Gasteiger partial charge in [-0.3, -0.25) is 4.79 Å². The third-order valence-corrected chi connectivity index (χ3v) is 4.50. The van der Waals surface area contributed by atoms with Crippen LogP contribution in [0.1, 0.15) is 42.2 Å². The van der Waals surface area contributed by atoms with Crippen LogP contribution >= 0.6 is 24.8 Å². The molecule has 0 unspecified atom stereocenters. The maximum Gasteiger partial charge on any atom is 0.417 e. The second-order valence-electron chi connectivity index (χ2n) is 6.43. The SMILES string of the molecule is CCCN(C(=O)c1cn(-c2ccc(C(F)(F)F)cn2)nn1)C1CCNCC1.Cl.Cl. The van der Waals surface area contributed by atoms with Crippen molar-refractivity contribution in [2.24, 2.45) is 0 Å². The second kappa shape index (κ2) is 10.7. The van der Waals surface area contributed by atoms with Crippen molar-refractivity contribution in [1.29, 1.82) is 0 Å². The molecule has 7 nitrogen and oxygen atoms in total. The molecule has 0 radical (unpaired) electrons. The number of hydrogen-bond donors (Lipinski definition) is 1. The molecule has 3 rings (SSSR count). The highest BCUT2D eigenvalue weighted by atomic mass is 35.5. The lowest BCUT2D eigenvalue weighted by Gasteiger charge is -2.34. The van der Waals surface area contributed by atoms with Crippen molar-refractivity contribution in [3.05, 3.63) is 35.8 Å². The van der Waals surface area contributed by atoms with Crippen LogP contribution in [-0.4, -0.2) is 56.5 Å². The Morgan fingerprint density at radius 1 is 1.28 bits per heavy atom. The van der Waals surface area contributed by atoms with Gasteiger partial charge in [0.2, 0.25) is 0 Å². The lowest BCUT2D eigenvalue weighted by molar-refractivity contribution is -0.137. The minimum absolute atomic E-state index is 0. The summed E-state index contributed by atoms with van der Waals surface area (Å²) in [6, 6.07) is 2.26. The van der Waals surface area contributed by atoms with Crippen molar-refractivity contribution in [1.82, 2.24) is 30.2 Å². The molecule has 1 aliphatic heterocycles. The Hall–Kier alpha value is -1.91. The number of piperidine rings is 1. The molecule has 2 aromatic heterocycles. The van der Waals surface area contributed by atoms with Gasteiger partial charge in [-0.2, -0.15) is 13.2 Å². The Kier molecular flexibility index (Phi) is 9.31. The summed E-state index contributed by atoms with van der Waals surface area (Å²) in [5, 5.41) is 11.0. The van der Waals surface area contributed by atoms with Crippen LogP contribution in [0.3, 0.4) is 0 Å². The number of rotatable bonds is 5. The Morgan fingerprint density at radius 3 is 2.52 bits per heavy atom. The number of nitrogens with zero attached hydrogens (tertiary/aromatic N) is 5. The summed E-state index contributed by atoms with van der Waals surface area (Å²) < 4.78 is 39.1. The molecule has 0 saturated carbocycles. The molecule has 0 bridgehead atoms. The third-order valence-electron chi connectivity index (χ3n) is 4.50. The molecule has 1 saturated heterocycles. The lowest BCUT2D eigenvalue weighted by Crippen LogP contribution is -2.46. The largest absolute Gasteiger partial charge is 0.417 e. The fourth-order valence-corrected chi connectivity index (χ4v) is 3.12. The Morgan fingerprint density at radius 2 is 1.97 bits per heavy atom. The average Bonchev–Trinajstić information content (AvgIpc) is 3.16. The smallest absolute Gasteiger partial charge is 0.334 e. The van der Waals surface area contributed by atoms with Gasteiger partial charge in [-0.05, 0) is 44.5 Å². The number of alkyl halides is 3. The molecular weight excluding hydrogens is 432 g/mol. The van der Waals surface area contributed by atoms with Gasteiger partial charge in [0.15, 0.2) is 11.5 Å². The number of aromatic nitrogens is 4. The van der Waals surface area contributed by atoms with Crippen molar-refractivity contribution in [3.63, 3.8) is 0 Å². The number of carbonyl (C=O) groups excluding carboxylic acids is 1. The highest BCUT2D eigenvalue weighted by Crippen LogP contribution is 2.28. The van der Waals surface area contributed by atoms with Gasteiger partial charge < -0.3 is 10.2 Å². The molecule has 1 aliphatic rings. The third kappa shape index (κ3) is 6.03. The first-order valence-electron chi connectivity index (χ1n) is 8.88. The van der Waals surface area contributed by atoms with E-state index in [1.54, 1.807) is 0 Å². The van der Waals surface area contributed by atoms with Crippen LogP contribution in [0.15, 0.2) is 24.5 Å². The molecular formula is C17H23Cl2F3N6O.